The van der Waals surface area contributed by atoms with Gasteiger partial charge >= 0.3 is 0 Å². The summed E-state index contributed by atoms with van der Waals surface area (Å²) in [5, 5.41) is 3.40. The van der Waals surface area contributed by atoms with Gasteiger partial charge < -0.3 is 5.32 Å². The Kier molecular flexibility index (Phi) is 4.35. The van der Waals surface area contributed by atoms with Gasteiger partial charge in [0.1, 0.15) is 0 Å². The third-order valence-electron chi connectivity index (χ3n) is 5.05. The lowest BCUT2D eigenvalue weighted by atomic mass is 9.64. The molecule has 1 heteroatoms. The predicted octanol–water partition coefficient (Wildman–Crippen LogP) is 4.43. The number of rotatable bonds is 3. The lowest BCUT2D eigenvalue weighted by Gasteiger charge is -2.42. The maximum atomic E-state index is 3.40. The van der Waals surface area contributed by atoms with Crippen LogP contribution in [0.3, 0.4) is 0 Å². The molecule has 106 valence electrons. The Labute approximate surface area is 118 Å². The van der Waals surface area contributed by atoms with Crippen molar-refractivity contribution in [2.75, 3.05) is 13.6 Å². The molecule has 2 atom stereocenters. The van der Waals surface area contributed by atoms with Crippen LogP contribution in [0.4, 0.5) is 0 Å². The van der Waals surface area contributed by atoms with Gasteiger partial charge in [0.15, 0.2) is 0 Å². The van der Waals surface area contributed by atoms with Crippen LogP contribution in [0.15, 0.2) is 18.2 Å². The summed E-state index contributed by atoms with van der Waals surface area (Å²) in [6, 6.07) is 6.83. The molecule has 1 aromatic rings. The normalized spacial score (nSPS) is 26.4. The fourth-order valence-electron chi connectivity index (χ4n) is 3.69. The van der Waals surface area contributed by atoms with Gasteiger partial charge in [0, 0.05) is 0 Å². The smallest absolute Gasteiger partial charge is 0.00177 e. The third-order valence-corrected chi connectivity index (χ3v) is 5.05. The molecule has 0 saturated heterocycles. The first-order valence-electron chi connectivity index (χ1n) is 7.65. The van der Waals surface area contributed by atoms with Gasteiger partial charge in [-0.3, -0.25) is 0 Å². The van der Waals surface area contributed by atoms with Crippen molar-refractivity contribution in [2.24, 2.45) is 11.3 Å². The first-order valence-corrected chi connectivity index (χ1v) is 7.65. The molecule has 2 rings (SSSR count). The number of benzene rings is 1. The Morgan fingerprint density at radius 2 is 2.00 bits per heavy atom. The summed E-state index contributed by atoms with van der Waals surface area (Å²) in [5.41, 5.74) is 5.02. The molecule has 1 N–H and O–H groups in total. The van der Waals surface area contributed by atoms with Gasteiger partial charge in [-0.1, -0.05) is 32.0 Å². The van der Waals surface area contributed by atoms with Crippen LogP contribution in [0, 0.1) is 25.2 Å². The van der Waals surface area contributed by atoms with E-state index < -0.39 is 0 Å². The molecule has 0 radical (unpaired) electrons. The Morgan fingerprint density at radius 1 is 1.26 bits per heavy atom. The minimum Gasteiger partial charge on any atom is -0.319 e. The molecule has 1 aliphatic carbocycles. The van der Waals surface area contributed by atoms with E-state index in [-0.39, 0.29) is 0 Å². The molecule has 0 amide bonds. The van der Waals surface area contributed by atoms with Crippen LogP contribution < -0.4 is 5.32 Å². The lowest BCUT2D eigenvalue weighted by molar-refractivity contribution is 0.161. The molecule has 0 aliphatic heterocycles. The van der Waals surface area contributed by atoms with Crippen molar-refractivity contribution >= 4 is 0 Å². The van der Waals surface area contributed by atoms with E-state index in [1.807, 2.05) is 0 Å². The first kappa shape index (κ1) is 14.6. The zero-order valence-electron chi connectivity index (χ0n) is 13.2. The molecule has 0 spiro atoms. The highest BCUT2D eigenvalue weighted by Crippen LogP contribution is 2.47. The molecule has 0 aromatic heterocycles. The van der Waals surface area contributed by atoms with Crippen molar-refractivity contribution < 1.29 is 0 Å². The second-order valence-corrected chi connectivity index (χ2v) is 7.12. The van der Waals surface area contributed by atoms with Gasteiger partial charge in [-0.05, 0) is 80.6 Å². The Morgan fingerprint density at radius 3 is 2.68 bits per heavy atom. The number of aryl methyl sites for hydroxylation is 1. The van der Waals surface area contributed by atoms with Crippen LogP contribution in [0.5, 0.6) is 0 Å². The first-order chi connectivity index (χ1) is 8.94. The highest BCUT2D eigenvalue weighted by Gasteiger charge is 2.35. The van der Waals surface area contributed by atoms with Gasteiger partial charge in [0.25, 0.3) is 0 Å². The molecule has 1 nitrogen and oxygen atoms in total. The van der Waals surface area contributed by atoms with Gasteiger partial charge in [-0.2, -0.15) is 0 Å². The van der Waals surface area contributed by atoms with Crippen LogP contribution in [-0.4, -0.2) is 13.6 Å². The Balaban J connectivity index is 2.33. The zero-order valence-corrected chi connectivity index (χ0v) is 13.2. The van der Waals surface area contributed by atoms with E-state index in [2.05, 4.69) is 58.3 Å². The Hall–Kier alpha value is -0.820. The van der Waals surface area contributed by atoms with Crippen LogP contribution >= 0.6 is 0 Å². The molecule has 2 unspecified atom stereocenters. The second-order valence-electron chi connectivity index (χ2n) is 7.12. The average Bonchev–Trinajstić information content (AvgIpc) is 2.35. The van der Waals surface area contributed by atoms with Crippen molar-refractivity contribution in [3.63, 3.8) is 0 Å². The molecular weight excluding hydrogens is 230 g/mol. The summed E-state index contributed by atoms with van der Waals surface area (Å²) in [6.45, 7) is 10.5. The summed E-state index contributed by atoms with van der Waals surface area (Å²) in [4.78, 5) is 0. The zero-order chi connectivity index (χ0) is 14.0. The molecule has 19 heavy (non-hydrogen) atoms. The van der Waals surface area contributed by atoms with Crippen LogP contribution in [-0.2, 0) is 0 Å². The van der Waals surface area contributed by atoms with E-state index in [0.717, 1.165) is 18.4 Å². The van der Waals surface area contributed by atoms with Gasteiger partial charge in [0.2, 0.25) is 0 Å². The maximum Gasteiger partial charge on any atom is -0.00177 e. The van der Waals surface area contributed by atoms with E-state index >= 15 is 0 Å². The fourth-order valence-corrected chi connectivity index (χ4v) is 3.69. The maximum absolute atomic E-state index is 3.40. The van der Waals surface area contributed by atoms with Crippen LogP contribution in [0.25, 0.3) is 0 Å². The average molecular weight is 259 g/mol. The van der Waals surface area contributed by atoms with E-state index in [1.165, 1.54) is 30.4 Å². The van der Waals surface area contributed by atoms with Crippen molar-refractivity contribution in [1.82, 2.24) is 5.32 Å². The number of hydrogen-bond acceptors (Lipinski definition) is 1. The molecule has 1 aromatic carbocycles. The quantitative estimate of drug-likeness (QED) is 0.846. The SMILES string of the molecule is CNCC1CCC(C)(C)CC1c1cccc(C)c1C. The Bertz CT molecular complexity index is 433. The van der Waals surface area contributed by atoms with Gasteiger partial charge in [-0.15, -0.1) is 0 Å². The van der Waals surface area contributed by atoms with E-state index in [9.17, 15) is 0 Å². The molecule has 1 aliphatic rings. The summed E-state index contributed by atoms with van der Waals surface area (Å²) < 4.78 is 0. The molecule has 0 heterocycles. The van der Waals surface area contributed by atoms with E-state index in [4.69, 9.17) is 0 Å². The second kappa shape index (κ2) is 5.66. The minimum atomic E-state index is 0.491. The molecular formula is C18H29N. The third kappa shape index (κ3) is 3.20. The standard InChI is InChI=1S/C18H29N/c1-13-7-6-8-16(14(13)2)17-11-18(3,4)10-9-15(17)12-19-5/h6-8,15,17,19H,9-12H2,1-5H3. The monoisotopic (exact) mass is 259 g/mol. The van der Waals surface area contributed by atoms with Crippen LogP contribution in [0.1, 0.15) is 55.7 Å². The number of hydrogen-bond donors (Lipinski definition) is 1. The fraction of sp³-hybridized carbons (Fsp3) is 0.667. The largest absolute Gasteiger partial charge is 0.319 e. The highest BCUT2D eigenvalue weighted by atomic mass is 14.8. The van der Waals surface area contributed by atoms with Crippen molar-refractivity contribution in [1.29, 1.82) is 0 Å². The molecule has 1 fully saturated rings. The molecule has 1 saturated carbocycles. The summed E-state index contributed by atoms with van der Waals surface area (Å²) in [7, 11) is 2.08. The van der Waals surface area contributed by atoms with Crippen LogP contribution in [0.2, 0.25) is 0 Å². The predicted molar refractivity (Wildman–Crippen MR) is 83.7 cm³/mol. The summed E-state index contributed by atoms with van der Waals surface area (Å²) >= 11 is 0. The minimum absolute atomic E-state index is 0.491. The summed E-state index contributed by atoms with van der Waals surface area (Å²) in [6.07, 6.45) is 4.04. The van der Waals surface area contributed by atoms with E-state index in [1.54, 1.807) is 5.56 Å². The van der Waals surface area contributed by atoms with E-state index in [0.29, 0.717) is 5.41 Å². The molecule has 0 bridgehead atoms. The van der Waals surface area contributed by atoms with Crippen molar-refractivity contribution in [3.8, 4) is 0 Å². The van der Waals surface area contributed by atoms with Crippen molar-refractivity contribution in [2.45, 2.75) is 52.9 Å². The lowest BCUT2D eigenvalue weighted by Crippen LogP contribution is -2.34. The van der Waals surface area contributed by atoms with Gasteiger partial charge in [-0.25, -0.2) is 0 Å². The van der Waals surface area contributed by atoms with Gasteiger partial charge in [0.05, 0.1) is 0 Å². The summed E-state index contributed by atoms with van der Waals surface area (Å²) in [5.74, 6) is 1.51. The number of nitrogens with one attached hydrogen (secondary N) is 1. The van der Waals surface area contributed by atoms with Crippen molar-refractivity contribution in [3.05, 3.63) is 34.9 Å². The topological polar surface area (TPSA) is 12.0 Å². The highest BCUT2D eigenvalue weighted by molar-refractivity contribution is 5.36.